The van der Waals surface area contributed by atoms with Crippen molar-refractivity contribution in [3.63, 3.8) is 0 Å². The van der Waals surface area contributed by atoms with Crippen LogP contribution in [0.3, 0.4) is 0 Å². The molecule has 1 heterocycles. The van der Waals surface area contributed by atoms with Crippen LogP contribution in [0.25, 0.3) is 0 Å². The van der Waals surface area contributed by atoms with Gasteiger partial charge in [-0.15, -0.1) is 0 Å². The number of rotatable bonds is 3. The smallest absolute Gasteiger partial charge is 0.269 e. The van der Waals surface area contributed by atoms with Crippen LogP contribution in [-0.2, 0) is 9.59 Å². The van der Waals surface area contributed by atoms with Gasteiger partial charge in [-0.1, -0.05) is 23.8 Å². The first-order valence-corrected chi connectivity index (χ1v) is 8.89. The van der Waals surface area contributed by atoms with Gasteiger partial charge in [-0.2, -0.15) is 0 Å². The van der Waals surface area contributed by atoms with E-state index in [4.69, 9.17) is 0 Å². The lowest BCUT2D eigenvalue weighted by Crippen LogP contribution is -2.45. The second-order valence-electron chi connectivity index (χ2n) is 6.98. The molecule has 6 heteroatoms. The highest BCUT2D eigenvalue weighted by molar-refractivity contribution is 6.01. The molecule has 3 amide bonds. The van der Waals surface area contributed by atoms with Crippen molar-refractivity contribution in [2.24, 2.45) is 5.92 Å². The van der Waals surface area contributed by atoms with Crippen molar-refractivity contribution in [2.45, 2.75) is 27.2 Å². The Morgan fingerprint density at radius 2 is 1.67 bits per heavy atom. The van der Waals surface area contributed by atoms with Gasteiger partial charge in [0.2, 0.25) is 11.8 Å². The van der Waals surface area contributed by atoms with Crippen molar-refractivity contribution >= 4 is 23.4 Å². The second kappa shape index (κ2) is 7.61. The van der Waals surface area contributed by atoms with E-state index in [1.807, 2.05) is 51.1 Å². The van der Waals surface area contributed by atoms with E-state index in [0.29, 0.717) is 12.1 Å². The lowest BCUT2D eigenvalue weighted by Gasteiger charge is -2.18. The Morgan fingerprint density at radius 1 is 0.963 bits per heavy atom. The SMILES string of the molecule is Cc1ccc(C(=O)NNC(=O)[C@@H]2CC(=O)N(c3ccc(C)c(C)c3)C2)cc1. The molecule has 1 saturated heterocycles. The highest BCUT2D eigenvalue weighted by Crippen LogP contribution is 2.26. The van der Waals surface area contributed by atoms with Gasteiger partial charge in [0.05, 0.1) is 5.92 Å². The minimum atomic E-state index is -0.502. The van der Waals surface area contributed by atoms with E-state index in [2.05, 4.69) is 10.9 Å². The molecule has 0 radical (unpaired) electrons. The van der Waals surface area contributed by atoms with Crippen LogP contribution in [-0.4, -0.2) is 24.3 Å². The van der Waals surface area contributed by atoms with Crippen molar-refractivity contribution in [1.29, 1.82) is 0 Å². The highest BCUT2D eigenvalue weighted by atomic mass is 16.2. The zero-order valence-corrected chi connectivity index (χ0v) is 15.7. The summed E-state index contributed by atoms with van der Waals surface area (Å²) in [5.41, 5.74) is 9.39. The average molecular weight is 365 g/mol. The quantitative estimate of drug-likeness (QED) is 0.820. The molecule has 0 unspecified atom stereocenters. The molecule has 2 aromatic carbocycles. The van der Waals surface area contributed by atoms with Crippen LogP contribution in [0.2, 0.25) is 0 Å². The fourth-order valence-electron chi connectivity index (χ4n) is 3.02. The largest absolute Gasteiger partial charge is 0.312 e. The van der Waals surface area contributed by atoms with Crippen molar-refractivity contribution in [3.8, 4) is 0 Å². The van der Waals surface area contributed by atoms with Crippen LogP contribution >= 0.6 is 0 Å². The summed E-state index contributed by atoms with van der Waals surface area (Å²) in [7, 11) is 0. The number of aryl methyl sites for hydroxylation is 3. The Labute approximate surface area is 158 Å². The standard InChI is InChI=1S/C21H23N3O3/c1-13-4-7-16(8-5-13)20(26)22-23-21(27)17-11-19(25)24(12-17)18-9-6-14(2)15(3)10-18/h4-10,17H,11-12H2,1-3H3,(H,22,26)(H,23,27)/t17-/m1/s1. The molecule has 0 aliphatic carbocycles. The van der Waals surface area contributed by atoms with E-state index in [1.165, 1.54) is 0 Å². The molecule has 0 aromatic heterocycles. The van der Waals surface area contributed by atoms with E-state index in [-0.39, 0.29) is 18.2 Å². The summed E-state index contributed by atoms with van der Waals surface area (Å²) in [4.78, 5) is 38.4. The summed E-state index contributed by atoms with van der Waals surface area (Å²) < 4.78 is 0. The predicted molar refractivity (Wildman–Crippen MR) is 103 cm³/mol. The zero-order chi connectivity index (χ0) is 19.6. The topological polar surface area (TPSA) is 78.5 Å². The third kappa shape index (κ3) is 4.16. The lowest BCUT2D eigenvalue weighted by atomic mass is 10.1. The van der Waals surface area contributed by atoms with Gasteiger partial charge in [0.15, 0.2) is 0 Å². The number of hydrogen-bond acceptors (Lipinski definition) is 3. The van der Waals surface area contributed by atoms with Gasteiger partial charge in [0.25, 0.3) is 5.91 Å². The predicted octanol–water partition coefficient (Wildman–Crippen LogP) is 2.43. The van der Waals surface area contributed by atoms with Crippen molar-refractivity contribution in [1.82, 2.24) is 10.9 Å². The van der Waals surface area contributed by atoms with E-state index in [9.17, 15) is 14.4 Å². The first-order valence-electron chi connectivity index (χ1n) is 8.89. The summed E-state index contributed by atoms with van der Waals surface area (Å²) >= 11 is 0. The number of amides is 3. The molecule has 0 spiro atoms. The number of nitrogens with zero attached hydrogens (tertiary/aromatic N) is 1. The summed E-state index contributed by atoms with van der Waals surface area (Å²) in [5.74, 6) is -1.35. The lowest BCUT2D eigenvalue weighted by molar-refractivity contribution is -0.126. The summed E-state index contributed by atoms with van der Waals surface area (Å²) in [6.45, 7) is 6.23. The minimum Gasteiger partial charge on any atom is -0.312 e. The molecular formula is C21H23N3O3. The number of anilines is 1. The summed E-state index contributed by atoms with van der Waals surface area (Å²) in [6, 6.07) is 12.8. The van der Waals surface area contributed by atoms with Crippen LogP contribution in [0.4, 0.5) is 5.69 Å². The van der Waals surface area contributed by atoms with Crippen LogP contribution < -0.4 is 15.8 Å². The maximum Gasteiger partial charge on any atom is 0.269 e. The Morgan fingerprint density at radius 3 is 2.33 bits per heavy atom. The van der Waals surface area contributed by atoms with Crippen molar-refractivity contribution < 1.29 is 14.4 Å². The Hall–Kier alpha value is -3.15. The summed E-state index contributed by atoms with van der Waals surface area (Å²) in [5, 5.41) is 0. The molecule has 1 aliphatic heterocycles. The van der Waals surface area contributed by atoms with Gasteiger partial charge in [-0.05, 0) is 56.2 Å². The van der Waals surface area contributed by atoms with Crippen molar-refractivity contribution in [3.05, 3.63) is 64.7 Å². The molecular weight excluding hydrogens is 342 g/mol. The number of nitrogens with one attached hydrogen (secondary N) is 2. The van der Waals surface area contributed by atoms with Gasteiger partial charge >= 0.3 is 0 Å². The molecule has 6 nitrogen and oxygen atoms in total. The molecule has 27 heavy (non-hydrogen) atoms. The first-order chi connectivity index (χ1) is 12.8. The van der Waals surface area contributed by atoms with Gasteiger partial charge in [0, 0.05) is 24.2 Å². The third-order valence-electron chi connectivity index (χ3n) is 4.91. The number of hydrogen-bond donors (Lipinski definition) is 2. The molecule has 1 atom stereocenters. The number of hydrazine groups is 1. The van der Waals surface area contributed by atoms with Crippen molar-refractivity contribution in [2.75, 3.05) is 11.4 Å². The van der Waals surface area contributed by atoms with Crippen LogP contribution in [0.1, 0.15) is 33.5 Å². The molecule has 0 saturated carbocycles. The van der Waals surface area contributed by atoms with Gasteiger partial charge in [-0.25, -0.2) is 0 Å². The zero-order valence-electron chi connectivity index (χ0n) is 15.7. The number of benzene rings is 2. The van der Waals surface area contributed by atoms with E-state index in [0.717, 1.165) is 22.4 Å². The first kappa shape index (κ1) is 18.6. The van der Waals surface area contributed by atoms with Gasteiger partial charge in [-0.3, -0.25) is 25.2 Å². The summed E-state index contributed by atoms with van der Waals surface area (Å²) in [6.07, 6.45) is 0.124. The molecule has 0 bridgehead atoms. The monoisotopic (exact) mass is 365 g/mol. The Kier molecular flexibility index (Phi) is 5.26. The normalized spacial score (nSPS) is 16.3. The maximum absolute atomic E-state index is 12.4. The highest BCUT2D eigenvalue weighted by Gasteiger charge is 2.35. The van der Waals surface area contributed by atoms with E-state index < -0.39 is 11.8 Å². The maximum atomic E-state index is 12.4. The number of carbonyl (C=O) groups is 3. The van der Waals surface area contributed by atoms with Crippen LogP contribution in [0, 0.1) is 26.7 Å². The van der Waals surface area contributed by atoms with Crippen LogP contribution in [0.15, 0.2) is 42.5 Å². The molecule has 1 aliphatic rings. The van der Waals surface area contributed by atoms with E-state index >= 15 is 0 Å². The molecule has 140 valence electrons. The average Bonchev–Trinajstić information content (AvgIpc) is 3.04. The molecule has 1 fully saturated rings. The molecule has 2 aromatic rings. The van der Waals surface area contributed by atoms with E-state index in [1.54, 1.807) is 17.0 Å². The second-order valence-corrected chi connectivity index (χ2v) is 6.98. The number of carbonyl (C=O) groups excluding carboxylic acids is 3. The fourth-order valence-corrected chi connectivity index (χ4v) is 3.02. The Balaban J connectivity index is 1.59. The third-order valence-corrected chi connectivity index (χ3v) is 4.91. The molecule has 3 rings (SSSR count). The van der Waals surface area contributed by atoms with Gasteiger partial charge in [0.1, 0.15) is 0 Å². The minimum absolute atomic E-state index is 0.0942. The van der Waals surface area contributed by atoms with Crippen LogP contribution in [0.5, 0.6) is 0 Å². The Bertz CT molecular complexity index is 890. The molecule has 2 N–H and O–H groups in total. The van der Waals surface area contributed by atoms with Gasteiger partial charge < -0.3 is 4.90 Å². The fraction of sp³-hybridized carbons (Fsp3) is 0.286.